The number of nitrogens with zero attached hydrogens (tertiary/aromatic N) is 7. The van der Waals surface area contributed by atoms with Gasteiger partial charge in [-0.25, -0.2) is 9.67 Å². The van der Waals surface area contributed by atoms with E-state index in [1.165, 1.54) is 16.5 Å². The maximum Gasteiger partial charge on any atom is 0.283 e. The van der Waals surface area contributed by atoms with E-state index in [2.05, 4.69) is 25.4 Å². The topological polar surface area (TPSA) is 123 Å². The average Bonchev–Trinajstić information content (AvgIpc) is 3.49. The summed E-state index contributed by atoms with van der Waals surface area (Å²) in [5, 5.41) is 12.2. The Morgan fingerprint density at radius 3 is 2.44 bits per heavy atom. The third kappa shape index (κ3) is 4.10. The van der Waals surface area contributed by atoms with Gasteiger partial charge in [0.1, 0.15) is 24.4 Å². The van der Waals surface area contributed by atoms with Gasteiger partial charge < -0.3 is 14.0 Å². The highest BCUT2D eigenvalue weighted by atomic mass is 16.5. The Hall–Kier alpha value is -4.54. The fraction of sp³-hybridized carbons (Fsp3) is 0.217. The minimum absolute atomic E-state index is 0.0424. The van der Waals surface area contributed by atoms with Gasteiger partial charge in [-0.2, -0.15) is 4.98 Å². The van der Waals surface area contributed by atoms with E-state index in [4.69, 9.17) is 14.0 Å². The van der Waals surface area contributed by atoms with Gasteiger partial charge in [-0.3, -0.25) is 9.36 Å². The van der Waals surface area contributed by atoms with Crippen molar-refractivity contribution in [3.05, 3.63) is 76.2 Å². The predicted octanol–water partition coefficient (Wildman–Crippen LogP) is 2.46. The maximum absolute atomic E-state index is 13.0. The molecule has 172 valence electrons. The van der Waals surface area contributed by atoms with Crippen LogP contribution in [-0.4, -0.2) is 48.9 Å². The molecule has 5 rings (SSSR count). The predicted molar refractivity (Wildman–Crippen MR) is 122 cm³/mol. The first-order valence-electron chi connectivity index (χ1n) is 10.4. The lowest BCUT2D eigenvalue weighted by atomic mass is 10.1. The van der Waals surface area contributed by atoms with Crippen LogP contribution >= 0.6 is 0 Å². The van der Waals surface area contributed by atoms with Crippen molar-refractivity contribution in [1.82, 2.24) is 34.7 Å². The molecule has 0 radical (unpaired) electrons. The first kappa shape index (κ1) is 21.3. The smallest absolute Gasteiger partial charge is 0.283 e. The Morgan fingerprint density at radius 2 is 1.74 bits per heavy atom. The van der Waals surface area contributed by atoms with E-state index in [1.807, 2.05) is 31.2 Å². The van der Waals surface area contributed by atoms with Crippen molar-refractivity contribution in [2.45, 2.75) is 20.0 Å². The standard InChI is InChI=1S/C23H21N7O4/c1-14-4-6-15(7-5-14)11-30-22-20(26-28-30)23(31)29(13-24-22)12-19-25-21(27-34-19)16-8-17(32-2)10-18(9-16)33-3/h4-10,13H,11-12H2,1-3H3. The molecule has 3 aromatic heterocycles. The fourth-order valence-electron chi connectivity index (χ4n) is 3.49. The Morgan fingerprint density at radius 1 is 1.00 bits per heavy atom. The summed E-state index contributed by atoms with van der Waals surface area (Å²) < 4.78 is 18.9. The van der Waals surface area contributed by atoms with E-state index in [1.54, 1.807) is 37.1 Å². The molecule has 3 heterocycles. The van der Waals surface area contributed by atoms with Gasteiger partial charge >= 0.3 is 0 Å². The lowest BCUT2D eigenvalue weighted by Crippen LogP contribution is -2.21. The number of ether oxygens (including phenoxy) is 2. The lowest BCUT2D eigenvalue weighted by Gasteiger charge is -2.05. The van der Waals surface area contributed by atoms with E-state index < -0.39 is 0 Å². The number of aromatic nitrogens is 7. The van der Waals surface area contributed by atoms with Crippen LogP contribution in [0.2, 0.25) is 0 Å². The molecule has 0 saturated heterocycles. The first-order chi connectivity index (χ1) is 16.5. The molecule has 0 aliphatic carbocycles. The monoisotopic (exact) mass is 459 g/mol. The van der Waals surface area contributed by atoms with Gasteiger partial charge in [-0.05, 0) is 24.6 Å². The molecule has 11 heteroatoms. The molecule has 0 aliphatic heterocycles. The van der Waals surface area contributed by atoms with Crippen molar-refractivity contribution in [1.29, 1.82) is 0 Å². The van der Waals surface area contributed by atoms with Gasteiger partial charge in [0.05, 0.1) is 20.8 Å². The van der Waals surface area contributed by atoms with Crippen molar-refractivity contribution < 1.29 is 14.0 Å². The number of rotatable bonds is 7. The molecule has 2 aromatic carbocycles. The SMILES string of the molecule is COc1cc(OC)cc(-c2noc(Cn3cnc4c(nnn4Cc4ccc(C)cc4)c3=O)n2)c1. The van der Waals surface area contributed by atoms with Crippen LogP contribution in [0.1, 0.15) is 17.0 Å². The van der Waals surface area contributed by atoms with Crippen molar-refractivity contribution in [2.75, 3.05) is 14.2 Å². The zero-order chi connectivity index (χ0) is 23.7. The number of hydrogen-bond acceptors (Lipinski definition) is 9. The third-order valence-corrected chi connectivity index (χ3v) is 5.33. The molecule has 0 spiro atoms. The minimum Gasteiger partial charge on any atom is -0.497 e. The van der Waals surface area contributed by atoms with Crippen molar-refractivity contribution in [2.24, 2.45) is 0 Å². The van der Waals surface area contributed by atoms with Crippen LogP contribution < -0.4 is 15.0 Å². The van der Waals surface area contributed by atoms with Crippen molar-refractivity contribution >= 4 is 11.2 Å². The molecule has 0 bridgehead atoms. The summed E-state index contributed by atoms with van der Waals surface area (Å²) in [6, 6.07) is 13.3. The van der Waals surface area contributed by atoms with Gasteiger partial charge in [0, 0.05) is 11.6 Å². The summed E-state index contributed by atoms with van der Waals surface area (Å²) >= 11 is 0. The summed E-state index contributed by atoms with van der Waals surface area (Å²) in [6.45, 7) is 2.53. The number of fused-ring (bicyclic) bond motifs is 1. The highest BCUT2D eigenvalue weighted by Gasteiger charge is 2.16. The van der Waals surface area contributed by atoms with Crippen LogP contribution in [0.5, 0.6) is 11.5 Å². The molecule has 11 nitrogen and oxygen atoms in total. The lowest BCUT2D eigenvalue weighted by molar-refractivity contribution is 0.369. The van der Waals surface area contributed by atoms with E-state index in [9.17, 15) is 4.79 Å². The first-order valence-corrected chi connectivity index (χ1v) is 10.4. The second kappa shape index (κ2) is 8.77. The largest absolute Gasteiger partial charge is 0.497 e. The van der Waals surface area contributed by atoms with E-state index in [0.29, 0.717) is 35.1 Å². The van der Waals surface area contributed by atoms with Gasteiger partial charge in [0.15, 0.2) is 11.2 Å². The maximum atomic E-state index is 13.0. The molecule has 0 N–H and O–H groups in total. The second-order valence-electron chi connectivity index (χ2n) is 7.70. The molecule has 0 amide bonds. The Bertz CT molecular complexity index is 1500. The summed E-state index contributed by atoms with van der Waals surface area (Å²) in [4.78, 5) is 21.8. The number of benzene rings is 2. The highest BCUT2D eigenvalue weighted by Crippen LogP contribution is 2.28. The van der Waals surface area contributed by atoms with Crippen LogP contribution in [-0.2, 0) is 13.1 Å². The van der Waals surface area contributed by atoms with Crippen LogP contribution in [0.25, 0.3) is 22.6 Å². The van der Waals surface area contributed by atoms with Crippen molar-refractivity contribution in [3.8, 4) is 22.9 Å². The molecule has 0 saturated carbocycles. The summed E-state index contributed by atoms with van der Waals surface area (Å²) in [5.74, 6) is 1.78. The van der Waals surface area contributed by atoms with E-state index in [-0.39, 0.29) is 23.5 Å². The third-order valence-electron chi connectivity index (χ3n) is 5.33. The minimum atomic E-state index is -0.344. The normalized spacial score (nSPS) is 11.1. The van der Waals surface area contributed by atoms with Gasteiger partial charge in [0.25, 0.3) is 5.56 Å². The zero-order valence-electron chi connectivity index (χ0n) is 18.8. The number of methoxy groups -OCH3 is 2. The highest BCUT2D eigenvalue weighted by molar-refractivity contribution is 5.67. The second-order valence-corrected chi connectivity index (χ2v) is 7.70. The zero-order valence-corrected chi connectivity index (χ0v) is 18.8. The Kier molecular flexibility index (Phi) is 5.50. The summed E-state index contributed by atoms with van der Waals surface area (Å²) in [7, 11) is 3.12. The molecule has 0 fully saturated rings. The molecule has 5 aromatic rings. The molecule has 0 unspecified atom stereocenters. The van der Waals surface area contributed by atoms with Crippen molar-refractivity contribution in [3.63, 3.8) is 0 Å². The van der Waals surface area contributed by atoms with Gasteiger partial charge in [-0.15, -0.1) is 5.10 Å². The molecular formula is C23H21N7O4. The molecular weight excluding hydrogens is 438 g/mol. The van der Waals surface area contributed by atoms with E-state index >= 15 is 0 Å². The fourth-order valence-corrected chi connectivity index (χ4v) is 3.49. The molecule has 0 atom stereocenters. The quantitative estimate of drug-likeness (QED) is 0.361. The summed E-state index contributed by atoms with van der Waals surface area (Å²) in [6.07, 6.45) is 1.43. The van der Waals surface area contributed by atoms with Gasteiger partial charge in [0.2, 0.25) is 11.7 Å². The number of aryl methyl sites for hydroxylation is 1. The molecule has 0 aliphatic rings. The number of hydrogen-bond donors (Lipinski definition) is 0. The van der Waals surface area contributed by atoms with Crippen LogP contribution in [0, 0.1) is 6.92 Å². The van der Waals surface area contributed by atoms with Crippen LogP contribution in [0.4, 0.5) is 0 Å². The van der Waals surface area contributed by atoms with Crippen LogP contribution in [0.3, 0.4) is 0 Å². The Balaban J connectivity index is 1.40. The van der Waals surface area contributed by atoms with Gasteiger partial charge in [-0.1, -0.05) is 40.2 Å². The molecule has 34 heavy (non-hydrogen) atoms. The summed E-state index contributed by atoms with van der Waals surface area (Å²) in [5.41, 5.74) is 3.11. The average molecular weight is 459 g/mol. The van der Waals surface area contributed by atoms with E-state index in [0.717, 1.165) is 5.56 Å². The Labute approximate surface area is 193 Å². The van der Waals surface area contributed by atoms with Crippen LogP contribution in [0.15, 0.2) is 58.1 Å².